The molecular formula is C14H22BrN3O. The Labute approximate surface area is 123 Å². The Morgan fingerprint density at radius 1 is 1.47 bits per heavy atom. The SMILES string of the molecule is CCCn1cc(Br)cc1C(=O)NCCCNC1CC1. The molecule has 1 fully saturated rings. The van der Waals surface area contributed by atoms with Gasteiger partial charge in [0.15, 0.2) is 0 Å². The highest BCUT2D eigenvalue weighted by Crippen LogP contribution is 2.18. The van der Waals surface area contributed by atoms with Crippen molar-refractivity contribution in [2.45, 2.75) is 45.2 Å². The third-order valence-electron chi connectivity index (χ3n) is 3.21. The van der Waals surface area contributed by atoms with Crippen LogP contribution in [0.3, 0.4) is 0 Å². The average molecular weight is 328 g/mol. The van der Waals surface area contributed by atoms with Gasteiger partial charge in [-0.2, -0.15) is 0 Å². The number of hydrogen-bond acceptors (Lipinski definition) is 2. The number of amides is 1. The molecule has 19 heavy (non-hydrogen) atoms. The van der Waals surface area contributed by atoms with Crippen molar-refractivity contribution in [1.82, 2.24) is 15.2 Å². The minimum absolute atomic E-state index is 0.0190. The molecule has 0 radical (unpaired) electrons. The van der Waals surface area contributed by atoms with Crippen LogP contribution in [0.15, 0.2) is 16.7 Å². The van der Waals surface area contributed by atoms with Gasteiger partial charge in [0.1, 0.15) is 5.69 Å². The van der Waals surface area contributed by atoms with Crippen LogP contribution in [0.2, 0.25) is 0 Å². The van der Waals surface area contributed by atoms with E-state index < -0.39 is 0 Å². The number of carbonyl (C=O) groups excluding carboxylic acids is 1. The fourth-order valence-electron chi connectivity index (χ4n) is 2.07. The third-order valence-corrected chi connectivity index (χ3v) is 3.64. The smallest absolute Gasteiger partial charge is 0.267 e. The molecule has 1 aromatic heterocycles. The first-order valence-electron chi connectivity index (χ1n) is 7.08. The molecule has 0 saturated heterocycles. The van der Waals surface area contributed by atoms with Crippen LogP contribution in [-0.2, 0) is 6.54 Å². The minimum Gasteiger partial charge on any atom is -0.351 e. The van der Waals surface area contributed by atoms with E-state index in [1.807, 2.05) is 16.8 Å². The lowest BCUT2D eigenvalue weighted by atomic mass is 10.3. The zero-order valence-electron chi connectivity index (χ0n) is 11.4. The van der Waals surface area contributed by atoms with Gasteiger partial charge in [-0.05, 0) is 54.2 Å². The number of nitrogens with zero attached hydrogens (tertiary/aromatic N) is 1. The summed E-state index contributed by atoms with van der Waals surface area (Å²) >= 11 is 3.43. The van der Waals surface area contributed by atoms with E-state index in [0.717, 1.165) is 48.7 Å². The molecule has 2 N–H and O–H groups in total. The van der Waals surface area contributed by atoms with Gasteiger partial charge in [-0.1, -0.05) is 6.92 Å². The Morgan fingerprint density at radius 2 is 2.26 bits per heavy atom. The number of carbonyl (C=O) groups is 1. The van der Waals surface area contributed by atoms with Crippen molar-refractivity contribution in [2.24, 2.45) is 0 Å². The molecule has 1 saturated carbocycles. The monoisotopic (exact) mass is 327 g/mol. The second kappa shape index (κ2) is 7.10. The maximum atomic E-state index is 12.1. The van der Waals surface area contributed by atoms with Crippen LogP contribution in [0.4, 0.5) is 0 Å². The van der Waals surface area contributed by atoms with Crippen LogP contribution in [0.1, 0.15) is 43.1 Å². The third kappa shape index (κ3) is 4.66. The van der Waals surface area contributed by atoms with Crippen molar-refractivity contribution >= 4 is 21.8 Å². The highest BCUT2D eigenvalue weighted by molar-refractivity contribution is 9.10. The molecule has 1 heterocycles. The van der Waals surface area contributed by atoms with Crippen LogP contribution < -0.4 is 10.6 Å². The van der Waals surface area contributed by atoms with E-state index in [4.69, 9.17) is 0 Å². The summed E-state index contributed by atoms with van der Waals surface area (Å²) in [4.78, 5) is 12.1. The van der Waals surface area contributed by atoms with Crippen molar-refractivity contribution < 1.29 is 4.79 Å². The fourth-order valence-corrected chi connectivity index (χ4v) is 2.53. The van der Waals surface area contributed by atoms with Gasteiger partial charge in [-0.25, -0.2) is 0 Å². The molecule has 1 aromatic rings. The first kappa shape index (κ1) is 14.6. The fraction of sp³-hybridized carbons (Fsp3) is 0.643. The molecule has 0 spiro atoms. The van der Waals surface area contributed by atoms with Crippen molar-refractivity contribution in [3.63, 3.8) is 0 Å². The molecule has 5 heteroatoms. The Bertz CT molecular complexity index is 426. The summed E-state index contributed by atoms with van der Waals surface area (Å²) in [7, 11) is 0. The largest absolute Gasteiger partial charge is 0.351 e. The molecule has 0 aromatic carbocycles. The average Bonchev–Trinajstić information content (AvgIpc) is 3.12. The topological polar surface area (TPSA) is 46.1 Å². The Balaban J connectivity index is 1.74. The highest BCUT2D eigenvalue weighted by atomic mass is 79.9. The number of hydrogen-bond donors (Lipinski definition) is 2. The molecule has 4 nitrogen and oxygen atoms in total. The Kier molecular flexibility index (Phi) is 5.45. The van der Waals surface area contributed by atoms with E-state index in [-0.39, 0.29) is 5.91 Å². The van der Waals surface area contributed by atoms with Crippen LogP contribution in [0, 0.1) is 0 Å². The van der Waals surface area contributed by atoms with E-state index in [1.54, 1.807) is 0 Å². The summed E-state index contributed by atoms with van der Waals surface area (Å²) in [6, 6.07) is 2.63. The van der Waals surface area contributed by atoms with Gasteiger partial charge in [0.2, 0.25) is 0 Å². The summed E-state index contributed by atoms with van der Waals surface area (Å²) < 4.78 is 2.96. The molecule has 106 valence electrons. The highest BCUT2D eigenvalue weighted by Gasteiger charge is 2.19. The second-order valence-corrected chi connectivity index (χ2v) is 5.99. The number of rotatable bonds is 8. The predicted molar refractivity (Wildman–Crippen MR) is 80.4 cm³/mol. The molecule has 0 bridgehead atoms. The summed E-state index contributed by atoms with van der Waals surface area (Å²) in [5.74, 6) is 0.0190. The quantitative estimate of drug-likeness (QED) is 0.721. The molecule has 1 amide bonds. The number of aryl methyl sites for hydroxylation is 1. The molecule has 0 aliphatic heterocycles. The van der Waals surface area contributed by atoms with E-state index in [2.05, 4.69) is 33.5 Å². The standard InChI is InChI=1S/C14H22BrN3O/c1-2-8-18-10-11(15)9-13(18)14(19)17-7-3-6-16-12-4-5-12/h9-10,12,16H,2-8H2,1H3,(H,17,19). The van der Waals surface area contributed by atoms with Gasteiger partial charge in [0, 0.05) is 29.8 Å². The van der Waals surface area contributed by atoms with Gasteiger partial charge in [0.25, 0.3) is 5.91 Å². The van der Waals surface area contributed by atoms with Crippen molar-refractivity contribution in [3.05, 3.63) is 22.4 Å². The lowest BCUT2D eigenvalue weighted by molar-refractivity contribution is 0.0944. The van der Waals surface area contributed by atoms with Crippen LogP contribution in [0.25, 0.3) is 0 Å². The minimum atomic E-state index is 0.0190. The molecule has 0 atom stereocenters. The first-order chi connectivity index (χ1) is 9.20. The number of nitrogens with one attached hydrogen (secondary N) is 2. The van der Waals surface area contributed by atoms with Gasteiger partial charge in [-0.15, -0.1) is 0 Å². The van der Waals surface area contributed by atoms with Crippen molar-refractivity contribution in [2.75, 3.05) is 13.1 Å². The van der Waals surface area contributed by atoms with Gasteiger partial charge in [0.05, 0.1) is 0 Å². The second-order valence-electron chi connectivity index (χ2n) is 5.07. The van der Waals surface area contributed by atoms with Crippen molar-refractivity contribution in [3.8, 4) is 0 Å². The Hall–Kier alpha value is -0.810. The van der Waals surface area contributed by atoms with Crippen LogP contribution in [-0.4, -0.2) is 29.6 Å². The molecule has 2 rings (SSSR count). The summed E-state index contributed by atoms with van der Waals surface area (Å²) in [5, 5.41) is 6.43. The zero-order valence-corrected chi connectivity index (χ0v) is 13.0. The number of aromatic nitrogens is 1. The van der Waals surface area contributed by atoms with Gasteiger partial charge >= 0.3 is 0 Å². The molecular weight excluding hydrogens is 306 g/mol. The van der Waals surface area contributed by atoms with E-state index in [9.17, 15) is 4.79 Å². The Morgan fingerprint density at radius 3 is 2.95 bits per heavy atom. The van der Waals surface area contributed by atoms with E-state index in [1.165, 1.54) is 12.8 Å². The molecule has 1 aliphatic rings. The number of halogens is 1. The zero-order chi connectivity index (χ0) is 13.7. The normalized spacial score (nSPS) is 14.6. The van der Waals surface area contributed by atoms with Crippen molar-refractivity contribution in [1.29, 1.82) is 0 Å². The lowest BCUT2D eigenvalue weighted by Gasteiger charge is -2.09. The maximum Gasteiger partial charge on any atom is 0.267 e. The maximum absolute atomic E-state index is 12.1. The summed E-state index contributed by atoms with van der Waals surface area (Å²) in [6.45, 7) is 4.70. The van der Waals surface area contributed by atoms with E-state index >= 15 is 0 Å². The summed E-state index contributed by atoms with van der Waals surface area (Å²) in [5.41, 5.74) is 0.740. The summed E-state index contributed by atoms with van der Waals surface area (Å²) in [6.07, 6.45) is 6.59. The predicted octanol–water partition coefficient (Wildman–Crippen LogP) is 2.53. The van der Waals surface area contributed by atoms with Crippen LogP contribution >= 0.6 is 15.9 Å². The van der Waals surface area contributed by atoms with Gasteiger partial charge in [-0.3, -0.25) is 4.79 Å². The lowest BCUT2D eigenvalue weighted by Crippen LogP contribution is -2.29. The van der Waals surface area contributed by atoms with Gasteiger partial charge < -0.3 is 15.2 Å². The van der Waals surface area contributed by atoms with Crippen LogP contribution in [0.5, 0.6) is 0 Å². The molecule has 1 aliphatic carbocycles. The molecule has 0 unspecified atom stereocenters. The first-order valence-corrected chi connectivity index (χ1v) is 7.87. The van der Waals surface area contributed by atoms with E-state index in [0.29, 0.717) is 0 Å².